The van der Waals surface area contributed by atoms with Crippen LogP contribution in [0.5, 0.6) is 0 Å². The van der Waals surface area contributed by atoms with E-state index in [1.165, 1.54) is 0 Å². The number of aliphatic hydroxyl groups is 2. The fourth-order valence-corrected chi connectivity index (χ4v) is 3.82. The number of β-amino-alcohol motifs (C(OH)–C–C–N with tert-alkyl or cyclic N) is 1. The number of rotatable bonds is 4. The van der Waals surface area contributed by atoms with Gasteiger partial charge in [-0.1, -0.05) is 18.7 Å². The summed E-state index contributed by atoms with van der Waals surface area (Å²) >= 11 is 3.22. The molecule has 0 aromatic carbocycles. The van der Waals surface area contributed by atoms with Gasteiger partial charge in [-0.15, -0.1) is 11.3 Å². The second-order valence-corrected chi connectivity index (χ2v) is 7.55. The molecule has 1 aliphatic heterocycles. The van der Waals surface area contributed by atoms with Gasteiger partial charge in [-0.2, -0.15) is 0 Å². The molecule has 0 bridgehead atoms. The number of hydrogen-bond donors (Lipinski definition) is 2. The molecule has 2 N–H and O–H groups in total. The van der Waals surface area contributed by atoms with E-state index in [0.717, 1.165) is 15.8 Å². The molecule has 0 saturated carbocycles. The van der Waals surface area contributed by atoms with E-state index in [4.69, 9.17) is 0 Å². The van der Waals surface area contributed by atoms with E-state index in [2.05, 4.69) is 11.9 Å². The van der Waals surface area contributed by atoms with Gasteiger partial charge >= 0.3 is 0 Å². The lowest BCUT2D eigenvalue weighted by Gasteiger charge is -2.39. The first-order valence-electron chi connectivity index (χ1n) is 6.68. The second kappa shape index (κ2) is 6.43. The zero-order valence-electron chi connectivity index (χ0n) is 11.7. The van der Waals surface area contributed by atoms with Gasteiger partial charge < -0.3 is 15.1 Å². The first-order chi connectivity index (χ1) is 9.42. The normalized spacial score (nSPS) is 26.8. The van der Waals surface area contributed by atoms with E-state index in [1.54, 1.807) is 34.9 Å². The summed E-state index contributed by atoms with van der Waals surface area (Å²) in [4.78, 5) is 18.2. The predicted octanol–water partition coefficient (Wildman–Crippen LogP) is 1.14. The molecular weight excluding hydrogens is 296 g/mol. The quantitative estimate of drug-likeness (QED) is 0.815. The number of amides is 1. The smallest absolute Gasteiger partial charge is 0.228 e. The highest BCUT2D eigenvalue weighted by molar-refractivity contribution is 8.00. The molecule has 1 aromatic heterocycles. The minimum absolute atomic E-state index is 0.0436. The van der Waals surface area contributed by atoms with E-state index in [0.29, 0.717) is 13.0 Å². The van der Waals surface area contributed by atoms with Crippen LogP contribution >= 0.6 is 23.1 Å². The molecule has 1 fully saturated rings. The molecule has 0 spiro atoms. The van der Waals surface area contributed by atoms with E-state index in [9.17, 15) is 15.0 Å². The van der Waals surface area contributed by atoms with Crippen molar-refractivity contribution in [2.75, 3.05) is 18.8 Å². The van der Waals surface area contributed by atoms with E-state index in [-0.39, 0.29) is 18.9 Å². The van der Waals surface area contributed by atoms with E-state index in [1.807, 2.05) is 5.38 Å². The SMILES string of the molecule is CCSc1nc(CC(=O)N2CC[C@](C)(O)[C@@H](O)C2)cs1. The Morgan fingerprint density at radius 1 is 1.70 bits per heavy atom. The number of carbonyl (C=O) groups excluding carboxylic acids is 1. The number of carbonyl (C=O) groups is 1. The van der Waals surface area contributed by atoms with Crippen LogP contribution < -0.4 is 0 Å². The van der Waals surface area contributed by atoms with E-state index < -0.39 is 11.7 Å². The maximum absolute atomic E-state index is 12.2. The lowest BCUT2D eigenvalue weighted by atomic mass is 9.90. The third-order valence-corrected chi connectivity index (χ3v) is 5.43. The number of nitrogens with zero attached hydrogens (tertiary/aromatic N) is 2. The Kier molecular flexibility index (Phi) is 5.06. The van der Waals surface area contributed by atoms with Crippen molar-refractivity contribution in [2.45, 2.75) is 42.7 Å². The Balaban J connectivity index is 1.91. The highest BCUT2D eigenvalue weighted by atomic mass is 32.2. The summed E-state index contributed by atoms with van der Waals surface area (Å²) in [5.41, 5.74) is -0.315. The second-order valence-electron chi connectivity index (χ2n) is 5.18. The zero-order valence-corrected chi connectivity index (χ0v) is 13.3. The Hall–Kier alpha value is -0.630. The van der Waals surface area contributed by atoms with Gasteiger partial charge in [0.1, 0.15) is 4.34 Å². The summed E-state index contributed by atoms with van der Waals surface area (Å²) in [6.07, 6.45) is -0.231. The van der Waals surface area contributed by atoms with Crippen molar-refractivity contribution in [3.05, 3.63) is 11.1 Å². The van der Waals surface area contributed by atoms with Gasteiger partial charge in [0.05, 0.1) is 23.8 Å². The number of aromatic nitrogens is 1. The number of aliphatic hydroxyl groups excluding tert-OH is 1. The monoisotopic (exact) mass is 316 g/mol. The van der Waals surface area contributed by atoms with Crippen LogP contribution in [0, 0.1) is 0 Å². The largest absolute Gasteiger partial charge is 0.388 e. The number of piperidine rings is 1. The average Bonchev–Trinajstić information content (AvgIpc) is 2.80. The summed E-state index contributed by atoms with van der Waals surface area (Å²) in [7, 11) is 0. The molecule has 112 valence electrons. The number of hydrogen-bond acceptors (Lipinski definition) is 6. The molecule has 1 aliphatic rings. The lowest BCUT2D eigenvalue weighted by molar-refractivity contribution is -0.145. The van der Waals surface area contributed by atoms with Gasteiger partial charge in [0.15, 0.2) is 0 Å². The molecule has 1 saturated heterocycles. The summed E-state index contributed by atoms with van der Waals surface area (Å²) in [6, 6.07) is 0. The van der Waals surface area contributed by atoms with Gasteiger partial charge in [-0.25, -0.2) is 4.98 Å². The Morgan fingerprint density at radius 3 is 3.10 bits per heavy atom. The van der Waals surface area contributed by atoms with Crippen LogP contribution in [-0.4, -0.2) is 56.6 Å². The number of thiazole rings is 1. The van der Waals surface area contributed by atoms with Gasteiger partial charge in [0.2, 0.25) is 5.91 Å². The molecule has 0 radical (unpaired) electrons. The third-order valence-electron chi connectivity index (χ3n) is 3.48. The third kappa shape index (κ3) is 3.72. The zero-order chi connectivity index (χ0) is 14.8. The molecule has 2 atom stereocenters. The topological polar surface area (TPSA) is 73.7 Å². The molecule has 7 heteroatoms. The maximum atomic E-state index is 12.2. The molecule has 0 unspecified atom stereocenters. The number of thioether (sulfide) groups is 1. The van der Waals surface area contributed by atoms with Gasteiger partial charge in [0, 0.05) is 18.5 Å². The minimum Gasteiger partial charge on any atom is -0.388 e. The minimum atomic E-state index is -1.09. The number of likely N-dealkylation sites (tertiary alicyclic amines) is 1. The summed E-state index contributed by atoms with van der Waals surface area (Å²) in [6.45, 7) is 4.34. The van der Waals surface area contributed by atoms with Gasteiger partial charge in [0.25, 0.3) is 0 Å². The van der Waals surface area contributed by atoms with Gasteiger partial charge in [-0.05, 0) is 19.1 Å². The first-order valence-corrected chi connectivity index (χ1v) is 8.54. The van der Waals surface area contributed by atoms with Crippen LogP contribution in [0.3, 0.4) is 0 Å². The first kappa shape index (κ1) is 15.8. The van der Waals surface area contributed by atoms with Crippen molar-refractivity contribution in [2.24, 2.45) is 0 Å². The summed E-state index contributed by atoms with van der Waals surface area (Å²) in [5, 5.41) is 21.6. The van der Waals surface area contributed by atoms with Crippen LogP contribution in [0.1, 0.15) is 26.0 Å². The van der Waals surface area contributed by atoms with E-state index >= 15 is 0 Å². The molecule has 1 amide bonds. The Labute approximate surface area is 127 Å². The highest BCUT2D eigenvalue weighted by Gasteiger charge is 2.37. The molecular formula is C13H20N2O3S2. The fourth-order valence-electron chi connectivity index (χ4n) is 2.08. The van der Waals surface area contributed by atoms with Crippen LogP contribution in [-0.2, 0) is 11.2 Å². The van der Waals surface area contributed by atoms with Crippen LogP contribution in [0.4, 0.5) is 0 Å². The Morgan fingerprint density at radius 2 is 2.45 bits per heavy atom. The molecule has 1 aromatic rings. The molecule has 2 heterocycles. The van der Waals surface area contributed by atoms with Crippen molar-refractivity contribution in [1.82, 2.24) is 9.88 Å². The van der Waals surface area contributed by atoms with Crippen molar-refractivity contribution in [3.63, 3.8) is 0 Å². The summed E-state index contributed by atoms with van der Waals surface area (Å²) in [5.74, 6) is 0.923. The molecule has 2 rings (SSSR count). The maximum Gasteiger partial charge on any atom is 0.228 e. The van der Waals surface area contributed by atoms with Crippen LogP contribution in [0.15, 0.2) is 9.72 Å². The molecule has 5 nitrogen and oxygen atoms in total. The van der Waals surface area contributed by atoms with Crippen LogP contribution in [0.2, 0.25) is 0 Å². The Bertz CT molecular complexity index is 476. The van der Waals surface area contributed by atoms with Crippen LogP contribution in [0.25, 0.3) is 0 Å². The standard InChI is InChI=1S/C13H20N2O3S2/c1-3-19-12-14-9(8-20-12)6-11(17)15-5-4-13(2,18)10(16)7-15/h8,10,16,18H,3-7H2,1-2H3/t10-,13-/m0/s1. The van der Waals surface area contributed by atoms with Crippen molar-refractivity contribution in [3.8, 4) is 0 Å². The van der Waals surface area contributed by atoms with Crippen molar-refractivity contribution in [1.29, 1.82) is 0 Å². The lowest BCUT2D eigenvalue weighted by Crippen LogP contribution is -2.55. The fraction of sp³-hybridized carbons (Fsp3) is 0.692. The average molecular weight is 316 g/mol. The van der Waals surface area contributed by atoms with Crippen molar-refractivity contribution < 1.29 is 15.0 Å². The van der Waals surface area contributed by atoms with Crippen molar-refractivity contribution >= 4 is 29.0 Å². The molecule has 0 aliphatic carbocycles. The summed E-state index contributed by atoms with van der Waals surface area (Å²) < 4.78 is 0.983. The highest BCUT2D eigenvalue weighted by Crippen LogP contribution is 2.24. The van der Waals surface area contributed by atoms with Gasteiger partial charge in [-0.3, -0.25) is 4.79 Å². The molecule has 20 heavy (non-hydrogen) atoms. The predicted molar refractivity (Wildman–Crippen MR) is 80.0 cm³/mol.